The second-order valence-corrected chi connectivity index (χ2v) is 8.05. The van der Waals surface area contributed by atoms with Crippen molar-refractivity contribution in [2.75, 3.05) is 6.79 Å². The van der Waals surface area contributed by atoms with E-state index in [1.807, 2.05) is 25.1 Å². The number of hydrogen-bond donors (Lipinski definition) is 2. The largest absolute Gasteiger partial charge is 0.454 e. The number of ether oxygens (including phenoxy) is 3. The predicted molar refractivity (Wildman–Crippen MR) is 117 cm³/mol. The summed E-state index contributed by atoms with van der Waals surface area (Å²) in [7, 11) is 0. The quantitative estimate of drug-likeness (QED) is 0.612. The maximum atomic E-state index is 12.7. The van der Waals surface area contributed by atoms with Crippen LogP contribution in [0.2, 0.25) is 0 Å². The molecule has 0 bridgehead atoms. The molecular weight excluding hydrogens is 412 g/mol. The molecule has 2 N–H and O–H groups in total. The van der Waals surface area contributed by atoms with Crippen LogP contribution in [0.5, 0.6) is 11.5 Å². The van der Waals surface area contributed by atoms with Crippen molar-refractivity contribution in [3.63, 3.8) is 0 Å². The zero-order valence-electron chi connectivity index (χ0n) is 18.6. The van der Waals surface area contributed by atoms with Gasteiger partial charge in [-0.2, -0.15) is 0 Å². The van der Waals surface area contributed by atoms with E-state index in [9.17, 15) is 14.4 Å². The van der Waals surface area contributed by atoms with Crippen LogP contribution >= 0.6 is 0 Å². The van der Waals surface area contributed by atoms with Crippen molar-refractivity contribution in [3.8, 4) is 11.5 Å². The summed E-state index contributed by atoms with van der Waals surface area (Å²) in [6, 6.07) is 11.5. The fourth-order valence-corrected chi connectivity index (χ4v) is 3.11. The summed E-state index contributed by atoms with van der Waals surface area (Å²) in [6.07, 6.45) is -1.02. The Bertz CT molecular complexity index is 986. The SMILES string of the molecule is Cc1ccc(C(=O)N[C@H](C(=O)O[C@H](C)C(=O)NCc2ccc3c(c2)OCO3)C(C)C)cc1. The number of amides is 2. The lowest BCUT2D eigenvalue weighted by atomic mass is 10.0. The number of rotatable bonds is 8. The molecule has 2 aromatic rings. The third kappa shape index (κ3) is 5.78. The van der Waals surface area contributed by atoms with Crippen LogP contribution < -0.4 is 20.1 Å². The van der Waals surface area contributed by atoms with Crippen LogP contribution in [0.4, 0.5) is 0 Å². The molecule has 0 aromatic heterocycles. The molecule has 32 heavy (non-hydrogen) atoms. The van der Waals surface area contributed by atoms with Crippen LogP contribution in [0.1, 0.15) is 42.3 Å². The van der Waals surface area contributed by atoms with Crippen LogP contribution in [-0.4, -0.2) is 36.7 Å². The van der Waals surface area contributed by atoms with Crippen molar-refractivity contribution in [1.82, 2.24) is 10.6 Å². The molecule has 0 unspecified atom stereocenters. The first-order valence-electron chi connectivity index (χ1n) is 10.5. The first-order chi connectivity index (χ1) is 15.2. The van der Waals surface area contributed by atoms with Crippen molar-refractivity contribution >= 4 is 17.8 Å². The molecule has 1 aliphatic rings. The van der Waals surface area contributed by atoms with Crippen LogP contribution in [-0.2, 0) is 20.9 Å². The first-order valence-corrected chi connectivity index (χ1v) is 10.5. The van der Waals surface area contributed by atoms with Gasteiger partial charge in [0.2, 0.25) is 6.79 Å². The van der Waals surface area contributed by atoms with E-state index in [1.54, 1.807) is 38.1 Å². The molecule has 8 heteroatoms. The van der Waals surface area contributed by atoms with Gasteiger partial charge in [-0.05, 0) is 49.6 Å². The number of benzene rings is 2. The minimum absolute atomic E-state index is 0.176. The van der Waals surface area contributed by atoms with E-state index in [-0.39, 0.29) is 25.2 Å². The van der Waals surface area contributed by atoms with Crippen LogP contribution in [0.3, 0.4) is 0 Å². The zero-order valence-corrected chi connectivity index (χ0v) is 18.6. The van der Waals surface area contributed by atoms with Gasteiger partial charge in [0.15, 0.2) is 17.6 Å². The van der Waals surface area contributed by atoms with Gasteiger partial charge in [-0.3, -0.25) is 9.59 Å². The van der Waals surface area contributed by atoms with Gasteiger partial charge in [-0.15, -0.1) is 0 Å². The average molecular weight is 440 g/mol. The van der Waals surface area contributed by atoms with E-state index in [2.05, 4.69) is 10.6 Å². The summed E-state index contributed by atoms with van der Waals surface area (Å²) in [5.74, 6) is -0.411. The molecule has 8 nitrogen and oxygen atoms in total. The number of nitrogens with one attached hydrogen (secondary N) is 2. The standard InChI is InChI=1S/C24H28N2O6/c1-14(2)21(26-23(28)18-8-5-15(3)6-9-18)24(29)32-16(4)22(27)25-12-17-7-10-19-20(11-17)31-13-30-19/h5-11,14,16,21H,12-13H2,1-4H3,(H,25,27)(H,26,28)/t16-,21+/m1/s1. The fourth-order valence-electron chi connectivity index (χ4n) is 3.11. The topological polar surface area (TPSA) is 103 Å². The lowest BCUT2D eigenvalue weighted by Crippen LogP contribution is -2.47. The molecule has 0 saturated carbocycles. The van der Waals surface area contributed by atoms with Crippen molar-refractivity contribution in [1.29, 1.82) is 0 Å². The molecule has 0 saturated heterocycles. The molecule has 3 rings (SSSR count). The lowest BCUT2D eigenvalue weighted by Gasteiger charge is -2.23. The summed E-state index contributed by atoms with van der Waals surface area (Å²) in [6.45, 7) is 7.43. The van der Waals surface area contributed by atoms with Gasteiger partial charge in [0.1, 0.15) is 6.04 Å². The average Bonchev–Trinajstić information content (AvgIpc) is 3.23. The normalized spacial score (nSPS) is 13.9. The third-order valence-corrected chi connectivity index (χ3v) is 5.09. The predicted octanol–water partition coefficient (Wildman–Crippen LogP) is 2.73. The lowest BCUT2D eigenvalue weighted by molar-refractivity contribution is -0.157. The molecule has 2 amide bonds. The second-order valence-electron chi connectivity index (χ2n) is 8.05. The maximum absolute atomic E-state index is 12.7. The molecule has 0 radical (unpaired) electrons. The van der Waals surface area contributed by atoms with Crippen molar-refractivity contribution < 1.29 is 28.6 Å². The Morgan fingerprint density at radius 3 is 2.38 bits per heavy atom. The second kappa shape index (κ2) is 10.2. The molecule has 1 heterocycles. The molecule has 2 atom stereocenters. The molecule has 1 aliphatic heterocycles. The molecule has 2 aromatic carbocycles. The van der Waals surface area contributed by atoms with Gasteiger partial charge in [0.05, 0.1) is 0 Å². The number of fused-ring (bicyclic) bond motifs is 1. The molecule has 0 spiro atoms. The zero-order chi connectivity index (χ0) is 23.3. The minimum Gasteiger partial charge on any atom is -0.454 e. The highest BCUT2D eigenvalue weighted by molar-refractivity contribution is 5.97. The Morgan fingerprint density at radius 2 is 1.69 bits per heavy atom. The number of esters is 1. The fraction of sp³-hybridized carbons (Fsp3) is 0.375. The van der Waals surface area contributed by atoms with Gasteiger partial charge < -0.3 is 24.8 Å². The van der Waals surface area contributed by atoms with E-state index in [4.69, 9.17) is 14.2 Å². The highest BCUT2D eigenvalue weighted by Crippen LogP contribution is 2.32. The Balaban J connectivity index is 1.53. The monoisotopic (exact) mass is 440 g/mol. The Labute approximate surface area is 187 Å². The van der Waals surface area contributed by atoms with Gasteiger partial charge in [-0.25, -0.2) is 4.79 Å². The minimum atomic E-state index is -1.02. The van der Waals surface area contributed by atoms with Gasteiger partial charge in [0.25, 0.3) is 11.8 Å². The number of carbonyl (C=O) groups is 3. The Kier molecular flexibility index (Phi) is 7.35. The van der Waals surface area contributed by atoms with Gasteiger partial charge in [-0.1, -0.05) is 37.6 Å². The van der Waals surface area contributed by atoms with Crippen LogP contribution in [0.25, 0.3) is 0 Å². The molecular formula is C24H28N2O6. The maximum Gasteiger partial charge on any atom is 0.329 e. The van der Waals surface area contributed by atoms with E-state index in [1.165, 1.54) is 6.92 Å². The summed E-state index contributed by atoms with van der Waals surface area (Å²) >= 11 is 0. The molecule has 0 aliphatic carbocycles. The summed E-state index contributed by atoms with van der Waals surface area (Å²) in [4.78, 5) is 37.6. The van der Waals surface area contributed by atoms with Crippen LogP contribution in [0.15, 0.2) is 42.5 Å². The number of aryl methyl sites for hydroxylation is 1. The Morgan fingerprint density at radius 1 is 1.00 bits per heavy atom. The van der Waals surface area contributed by atoms with E-state index < -0.39 is 24.0 Å². The van der Waals surface area contributed by atoms with Crippen molar-refractivity contribution in [2.24, 2.45) is 5.92 Å². The highest BCUT2D eigenvalue weighted by Gasteiger charge is 2.29. The first kappa shape index (κ1) is 23.1. The molecule has 170 valence electrons. The summed E-state index contributed by atoms with van der Waals surface area (Å²) in [5, 5.41) is 5.44. The smallest absolute Gasteiger partial charge is 0.329 e. The van der Waals surface area contributed by atoms with E-state index in [0.717, 1.165) is 11.1 Å². The third-order valence-electron chi connectivity index (χ3n) is 5.09. The van der Waals surface area contributed by atoms with Gasteiger partial charge in [0, 0.05) is 12.1 Å². The Hall–Kier alpha value is -3.55. The van der Waals surface area contributed by atoms with E-state index in [0.29, 0.717) is 17.1 Å². The summed E-state index contributed by atoms with van der Waals surface area (Å²) in [5.41, 5.74) is 2.30. The summed E-state index contributed by atoms with van der Waals surface area (Å²) < 4.78 is 15.9. The van der Waals surface area contributed by atoms with Crippen molar-refractivity contribution in [2.45, 2.75) is 46.4 Å². The van der Waals surface area contributed by atoms with Crippen molar-refractivity contribution in [3.05, 3.63) is 59.2 Å². The number of hydrogen-bond acceptors (Lipinski definition) is 6. The molecule has 0 fully saturated rings. The van der Waals surface area contributed by atoms with E-state index >= 15 is 0 Å². The van der Waals surface area contributed by atoms with Crippen LogP contribution in [0, 0.1) is 12.8 Å². The number of carbonyl (C=O) groups excluding carboxylic acids is 3. The van der Waals surface area contributed by atoms with Gasteiger partial charge >= 0.3 is 5.97 Å². The highest BCUT2D eigenvalue weighted by atomic mass is 16.7.